The van der Waals surface area contributed by atoms with E-state index in [0.717, 1.165) is 18.4 Å². The average Bonchev–Trinajstić information content (AvgIpc) is 2.07. The van der Waals surface area contributed by atoms with Gasteiger partial charge in [-0.1, -0.05) is 39.8 Å². The zero-order chi connectivity index (χ0) is 11.6. The SMILES string of the molecule is CC(=O)C1=C/C(=C\C(C)C)C(C)(C)CC1. The van der Waals surface area contributed by atoms with Crippen LogP contribution in [0.5, 0.6) is 0 Å². The van der Waals surface area contributed by atoms with E-state index in [1.54, 1.807) is 6.92 Å². The van der Waals surface area contributed by atoms with Crippen LogP contribution in [0.25, 0.3) is 0 Å². The highest BCUT2D eigenvalue weighted by atomic mass is 16.1. The summed E-state index contributed by atoms with van der Waals surface area (Å²) in [6.45, 7) is 10.5. The molecule has 0 aromatic carbocycles. The van der Waals surface area contributed by atoms with Crippen LogP contribution in [-0.2, 0) is 4.79 Å². The molecule has 1 nitrogen and oxygen atoms in total. The van der Waals surface area contributed by atoms with Crippen molar-refractivity contribution in [1.29, 1.82) is 0 Å². The van der Waals surface area contributed by atoms with Crippen molar-refractivity contribution in [1.82, 2.24) is 0 Å². The molecule has 0 bridgehead atoms. The summed E-state index contributed by atoms with van der Waals surface area (Å²) in [5.41, 5.74) is 2.54. The quantitative estimate of drug-likeness (QED) is 0.669. The summed E-state index contributed by atoms with van der Waals surface area (Å²) in [6, 6.07) is 0. The zero-order valence-corrected chi connectivity index (χ0v) is 10.6. The molecule has 1 rings (SSSR count). The molecule has 84 valence electrons. The molecule has 0 unspecified atom stereocenters. The van der Waals surface area contributed by atoms with Crippen LogP contribution >= 0.6 is 0 Å². The Labute approximate surface area is 93.3 Å². The lowest BCUT2D eigenvalue weighted by Gasteiger charge is -2.32. The van der Waals surface area contributed by atoms with E-state index in [2.05, 4.69) is 39.8 Å². The van der Waals surface area contributed by atoms with Crippen LogP contribution in [0.1, 0.15) is 47.5 Å². The van der Waals surface area contributed by atoms with E-state index in [0.29, 0.717) is 5.92 Å². The van der Waals surface area contributed by atoms with E-state index in [4.69, 9.17) is 0 Å². The molecule has 0 aromatic heterocycles. The maximum absolute atomic E-state index is 11.3. The number of hydrogen-bond donors (Lipinski definition) is 0. The van der Waals surface area contributed by atoms with Crippen LogP contribution in [0.3, 0.4) is 0 Å². The van der Waals surface area contributed by atoms with Gasteiger partial charge in [0.2, 0.25) is 0 Å². The van der Waals surface area contributed by atoms with Gasteiger partial charge in [-0.2, -0.15) is 0 Å². The molecule has 0 saturated carbocycles. The van der Waals surface area contributed by atoms with Crippen LogP contribution in [-0.4, -0.2) is 5.78 Å². The minimum Gasteiger partial charge on any atom is -0.295 e. The van der Waals surface area contributed by atoms with Crippen molar-refractivity contribution in [3.8, 4) is 0 Å². The van der Waals surface area contributed by atoms with Crippen LogP contribution in [0.4, 0.5) is 0 Å². The molecule has 1 aliphatic rings. The molecule has 0 amide bonds. The van der Waals surface area contributed by atoms with Gasteiger partial charge in [-0.15, -0.1) is 0 Å². The summed E-state index contributed by atoms with van der Waals surface area (Å²) in [5, 5.41) is 0. The van der Waals surface area contributed by atoms with E-state index >= 15 is 0 Å². The van der Waals surface area contributed by atoms with Crippen LogP contribution in [0, 0.1) is 11.3 Å². The maximum Gasteiger partial charge on any atom is 0.155 e. The molecule has 0 atom stereocenters. The normalized spacial score (nSPS) is 23.1. The van der Waals surface area contributed by atoms with Crippen molar-refractivity contribution < 1.29 is 4.79 Å². The number of carbonyl (C=O) groups is 1. The Morgan fingerprint density at radius 3 is 2.53 bits per heavy atom. The first-order valence-electron chi connectivity index (χ1n) is 5.77. The number of Topliss-reactive ketones (excluding diaryl/α,β-unsaturated/α-hetero) is 1. The van der Waals surface area contributed by atoms with Gasteiger partial charge in [0.25, 0.3) is 0 Å². The third kappa shape index (κ3) is 3.05. The average molecular weight is 206 g/mol. The summed E-state index contributed by atoms with van der Waals surface area (Å²) >= 11 is 0. The molecule has 0 fully saturated rings. The number of carbonyl (C=O) groups excluding carboxylic acids is 1. The summed E-state index contributed by atoms with van der Waals surface area (Å²) in [6.07, 6.45) is 6.39. The predicted octanol–water partition coefficient (Wildman–Crippen LogP) is 3.90. The number of rotatable bonds is 2. The highest BCUT2D eigenvalue weighted by Crippen LogP contribution is 2.39. The second kappa shape index (κ2) is 4.34. The van der Waals surface area contributed by atoms with Crippen molar-refractivity contribution in [2.75, 3.05) is 0 Å². The molecule has 0 aromatic rings. The molecular weight excluding hydrogens is 184 g/mol. The first kappa shape index (κ1) is 12.2. The Bertz CT molecular complexity index is 316. The largest absolute Gasteiger partial charge is 0.295 e. The molecule has 1 heteroatoms. The van der Waals surface area contributed by atoms with Crippen LogP contribution in [0.15, 0.2) is 23.3 Å². The minimum absolute atomic E-state index is 0.222. The summed E-state index contributed by atoms with van der Waals surface area (Å²) in [7, 11) is 0. The third-order valence-corrected chi connectivity index (χ3v) is 3.10. The van der Waals surface area contributed by atoms with E-state index < -0.39 is 0 Å². The fraction of sp³-hybridized carbons (Fsp3) is 0.643. The summed E-state index contributed by atoms with van der Waals surface area (Å²) in [4.78, 5) is 11.3. The third-order valence-electron chi connectivity index (χ3n) is 3.10. The summed E-state index contributed by atoms with van der Waals surface area (Å²) in [5.74, 6) is 0.766. The van der Waals surface area contributed by atoms with Gasteiger partial charge in [0.05, 0.1) is 0 Å². The van der Waals surface area contributed by atoms with Gasteiger partial charge in [-0.05, 0) is 42.2 Å². The highest BCUT2D eigenvalue weighted by molar-refractivity contribution is 5.94. The Morgan fingerprint density at radius 1 is 1.47 bits per heavy atom. The van der Waals surface area contributed by atoms with Gasteiger partial charge in [0, 0.05) is 0 Å². The zero-order valence-electron chi connectivity index (χ0n) is 10.6. The van der Waals surface area contributed by atoms with Crippen molar-refractivity contribution in [3.63, 3.8) is 0 Å². The van der Waals surface area contributed by atoms with E-state index in [9.17, 15) is 4.79 Å². The molecule has 0 radical (unpaired) electrons. The second-order valence-corrected chi connectivity index (χ2v) is 5.48. The number of ketones is 1. The lowest BCUT2D eigenvalue weighted by Crippen LogP contribution is -2.20. The fourth-order valence-corrected chi connectivity index (χ4v) is 1.96. The molecule has 0 saturated heterocycles. The van der Waals surface area contributed by atoms with Gasteiger partial charge >= 0.3 is 0 Å². The first-order chi connectivity index (χ1) is 6.83. The Balaban J connectivity index is 3.06. The molecular formula is C14H22O. The van der Waals surface area contributed by atoms with Gasteiger partial charge in [-0.3, -0.25) is 4.79 Å². The topological polar surface area (TPSA) is 17.1 Å². The Hall–Kier alpha value is -0.850. The Morgan fingerprint density at radius 2 is 2.07 bits per heavy atom. The monoisotopic (exact) mass is 206 g/mol. The molecule has 0 heterocycles. The molecule has 1 aliphatic carbocycles. The standard InChI is InChI=1S/C14H22O/c1-10(2)8-13-9-12(11(3)15)6-7-14(13,4)5/h8-10H,6-7H2,1-5H3/b13-8+. The van der Waals surface area contributed by atoms with Gasteiger partial charge in [0.1, 0.15) is 0 Å². The van der Waals surface area contributed by atoms with E-state index in [-0.39, 0.29) is 11.2 Å². The van der Waals surface area contributed by atoms with Gasteiger partial charge in [0.15, 0.2) is 5.78 Å². The van der Waals surface area contributed by atoms with Crippen molar-refractivity contribution in [3.05, 3.63) is 23.3 Å². The van der Waals surface area contributed by atoms with E-state index in [1.165, 1.54) is 5.57 Å². The second-order valence-electron chi connectivity index (χ2n) is 5.48. The van der Waals surface area contributed by atoms with Crippen LogP contribution in [0.2, 0.25) is 0 Å². The van der Waals surface area contributed by atoms with Crippen molar-refractivity contribution in [2.24, 2.45) is 11.3 Å². The molecule has 0 aliphatic heterocycles. The summed E-state index contributed by atoms with van der Waals surface area (Å²) < 4.78 is 0. The number of allylic oxidation sites excluding steroid dienone is 4. The smallest absolute Gasteiger partial charge is 0.155 e. The molecule has 0 spiro atoms. The van der Waals surface area contributed by atoms with Crippen molar-refractivity contribution in [2.45, 2.75) is 47.5 Å². The van der Waals surface area contributed by atoms with Crippen LogP contribution < -0.4 is 0 Å². The maximum atomic E-state index is 11.3. The number of hydrogen-bond acceptors (Lipinski definition) is 1. The van der Waals surface area contributed by atoms with Gasteiger partial charge in [-0.25, -0.2) is 0 Å². The van der Waals surface area contributed by atoms with Crippen molar-refractivity contribution >= 4 is 5.78 Å². The van der Waals surface area contributed by atoms with Gasteiger partial charge < -0.3 is 0 Å². The fourth-order valence-electron chi connectivity index (χ4n) is 1.96. The molecule has 15 heavy (non-hydrogen) atoms. The highest BCUT2D eigenvalue weighted by Gasteiger charge is 2.27. The Kier molecular flexibility index (Phi) is 3.54. The predicted molar refractivity (Wildman–Crippen MR) is 64.7 cm³/mol. The minimum atomic E-state index is 0.222. The first-order valence-corrected chi connectivity index (χ1v) is 5.77. The lowest BCUT2D eigenvalue weighted by molar-refractivity contribution is -0.113. The molecule has 0 N–H and O–H groups in total. The lowest BCUT2D eigenvalue weighted by atomic mass is 9.73. The van der Waals surface area contributed by atoms with E-state index in [1.807, 2.05) is 0 Å².